The topological polar surface area (TPSA) is 118 Å². The summed E-state index contributed by atoms with van der Waals surface area (Å²) < 4.78 is 0. The summed E-state index contributed by atoms with van der Waals surface area (Å²) in [6.45, 7) is 2.00. The molecule has 2 heterocycles. The van der Waals surface area contributed by atoms with E-state index >= 15 is 0 Å². The fourth-order valence-corrected chi connectivity index (χ4v) is 3.04. The summed E-state index contributed by atoms with van der Waals surface area (Å²) in [5, 5.41) is 22.1. The molecule has 124 valence electrons. The van der Waals surface area contributed by atoms with Crippen LogP contribution >= 0.6 is 11.3 Å². The highest BCUT2D eigenvalue weighted by molar-refractivity contribution is 7.15. The van der Waals surface area contributed by atoms with E-state index in [1.54, 1.807) is 6.92 Å². The van der Waals surface area contributed by atoms with Gasteiger partial charge in [-0.3, -0.25) is 19.7 Å². The lowest BCUT2D eigenvalue weighted by Crippen LogP contribution is -2.28. The van der Waals surface area contributed by atoms with Crippen LogP contribution in [0.25, 0.3) is 0 Å². The molecule has 9 nitrogen and oxygen atoms in total. The van der Waals surface area contributed by atoms with Crippen LogP contribution in [0.4, 0.5) is 16.5 Å². The van der Waals surface area contributed by atoms with Crippen molar-refractivity contribution in [1.82, 2.24) is 10.2 Å². The predicted octanol–water partition coefficient (Wildman–Crippen LogP) is 1.75. The molecule has 1 aromatic carbocycles. The van der Waals surface area contributed by atoms with E-state index in [4.69, 9.17) is 0 Å². The highest BCUT2D eigenvalue weighted by Crippen LogP contribution is 2.27. The Labute approximate surface area is 140 Å². The summed E-state index contributed by atoms with van der Waals surface area (Å²) >= 11 is 1.26. The van der Waals surface area contributed by atoms with Gasteiger partial charge in [0.2, 0.25) is 16.9 Å². The fraction of sp³-hybridized carbons (Fsp3) is 0.286. The number of nitrogens with zero attached hydrogens (tertiary/aromatic N) is 4. The largest absolute Gasteiger partial charge is 0.312 e. The van der Waals surface area contributed by atoms with Crippen LogP contribution in [0.3, 0.4) is 0 Å². The average Bonchev–Trinajstić information content (AvgIpc) is 3.13. The Hall–Kier alpha value is -2.88. The maximum absolute atomic E-state index is 12.2. The maximum Gasteiger partial charge on any atom is 0.269 e. The minimum Gasteiger partial charge on any atom is -0.312 e. The number of aryl methyl sites for hydroxylation is 1. The number of nitrogens with one attached hydrogen (secondary N) is 1. The van der Waals surface area contributed by atoms with Crippen molar-refractivity contribution < 1.29 is 14.5 Å². The third kappa shape index (κ3) is 3.23. The maximum atomic E-state index is 12.2. The quantitative estimate of drug-likeness (QED) is 0.665. The lowest BCUT2D eigenvalue weighted by molar-refractivity contribution is -0.384. The van der Waals surface area contributed by atoms with Crippen LogP contribution in [0, 0.1) is 23.0 Å². The number of carbonyl (C=O) groups is 2. The second-order valence-corrected chi connectivity index (χ2v) is 6.48. The van der Waals surface area contributed by atoms with Crippen molar-refractivity contribution in [3.63, 3.8) is 0 Å². The number of rotatable bonds is 4. The van der Waals surface area contributed by atoms with Crippen LogP contribution in [-0.2, 0) is 9.59 Å². The van der Waals surface area contributed by atoms with Gasteiger partial charge in [-0.05, 0) is 19.1 Å². The van der Waals surface area contributed by atoms with E-state index in [1.165, 1.54) is 40.5 Å². The number of benzene rings is 1. The number of aromatic nitrogens is 2. The molecule has 0 spiro atoms. The fourth-order valence-electron chi connectivity index (χ4n) is 2.44. The molecule has 24 heavy (non-hydrogen) atoms. The van der Waals surface area contributed by atoms with Gasteiger partial charge in [-0.25, -0.2) is 0 Å². The smallest absolute Gasteiger partial charge is 0.269 e. The Kier molecular flexibility index (Phi) is 4.21. The minimum absolute atomic E-state index is 0.0497. The van der Waals surface area contributed by atoms with E-state index in [0.717, 1.165) is 5.01 Å². The lowest BCUT2D eigenvalue weighted by atomic mass is 10.1. The molecule has 1 N–H and O–H groups in total. The van der Waals surface area contributed by atoms with E-state index in [9.17, 15) is 19.7 Å². The van der Waals surface area contributed by atoms with Crippen molar-refractivity contribution >= 4 is 39.7 Å². The second-order valence-electron chi connectivity index (χ2n) is 5.29. The molecular weight excluding hydrogens is 334 g/mol. The van der Waals surface area contributed by atoms with E-state index < -0.39 is 10.8 Å². The molecule has 0 aliphatic carbocycles. The third-order valence-electron chi connectivity index (χ3n) is 3.62. The standard InChI is InChI=1S/C14H13N5O4S/c1-8-16-17-14(24-8)15-13(21)9-6-12(20)18(7-9)10-2-4-11(5-3-10)19(22)23/h2-5,9H,6-7H2,1H3,(H,15,17,21)/t9-/m1/s1. The number of amides is 2. The van der Waals surface area contributed by atoms with Crippen LogP contribution in [-0.4, -0.2) is 33.5 Å². The molecule has 0 unspecified atom stereocenters. The van der Waals surface area contributed by atoms with Crippen molar-refractivity contribution in [1.29, 1.82) is 0 Å². The van der Waals surface area contributed by atoms with Crippen LogP contribution in [0.1, 0.15) is 11.4 Å². The van der Waals surface area contributed by atoms with Crippen LogP contribution in [0.5, 0.6) is 0 Å². The molecule has 1 aromatic heterocycles. The first kappa shape index (κ1) is 16.0. The zero-order chi connectivity index (χ0) is 17.3. The number of carbonyl (C=O) groups excluding carboxylic acids is 2. The monoisotopic (exact) mass is 347 g/mol. The van der Waals surface area contributed by atoms with Gasteiger partial charge in [0.25, 0.3) is 5.69 Å². The summed E-state index contributed by atoms with van der Waals surface area (Å²) in [4.78, 5) is 36.0. The normalized spacial score (nSPS) is 17.1. The Morgan fingerprint density at radius 2 is 2.08 bits per heavy atom. The summed E-state index contributed by atoms with van der Waals surface area (Å²) in [7, 11) is 0. The Morgan fingerprint density at radius 1 is 1.38 bits per heavy atom. The molecule has 1 aliphatic heterocycles. The van der Waals surface area contributed by atoms with Crippen molar-refractivity contribution in [2.45, 2.75) is 13.3 Å². The zero-order valence-corrected chi connectivity index (χ0v) is 13.4. The van der Waals surface area contributed by atoms with Gasteiger partial charge in [0.05, 0.1) is 10.8 Å². The van der Waals surface area contributed by atoms with Crippen molar-refractivity contribution in [2.24, 2.45) is 5.92 Å². The zero-order valence-electron chi connectivity index (χ0n) is 12.6. The van der Waals surface area contributed by atoms with Crippen LogP contribution in [0.2, 0.25) is 0 Å². The first-order valence-corrected chi connectivity index (χ1v) is 7.91. The van der Waals surface area contributed by atoms with Crippen molar-refractivity contribution in [3.8, 4) is 0 Å². The Morgan fingerprint density at radius 3 is 2.67 bits per heavy atom. The van der Waals surface area contributed by atoms with Gasteiger partial charge < -0.3 is 10.2 Å². The SMILES string of the molecule is Cc1nnc(NC(=O)[C@@H]2CC(=O)N(c3ccc([N+](=O)[O-])cc3)C2)s1. The van der Waals surface area contributed by atoms with E-state index in [1.807, 2.05) is 0 Å². The van der Waals surface area contributed by atoms with Gasteiger partial charge in [0, 0.05) is 30.8 Å². The summed E-state index contributed by atoms with van der Waals surface area (Å²) in [5.74, 6) is -0.988. The first-order chi connectivity index (χ1) is 11.4. The molecule has 0 saturated carbocycles. The van der Waals surface area contributed by atoms with Gasteiger partial charge in [0.1, 0.15) is 5.01 Å². The molecule has 1 fully saturated rings. The molecule has 1 aliphatic rings. The summed E-state index contributed by atoms with van der Waals surface area (Å²) in [5.41, 5.74) is 0.485. The number of nitro benzene ring substituents is 1. The second kappa shape index (κ2) is 6.32. The lowest BCUT2D eigenvalue weighted by Gasteiger charge is -2.16. The summed E-state index contributed by atoms with van der Waals surface area (Å²) in [6, 6.07) is 5.68. The minimum atomic E-state index is -0.504. The Bertz CT molecular complexity index is 804. The van der Waals surface area contributed by atoms with Gasteiger partial charge in [0.15, 0.2) is 0 Å². The first-order valence-electron chi connectivity index (χ1n) is 7.10. The molecule has 0 bridgehead atoms. The van der Waals surface area contributed by atoms with Gasteiger partial charge in [-0.15, -0.1) is 10.2 Å². The van der Waals surface area contributed by atoms with Crippen molar-refractivity contribution in [3.05, 3.63) is 39.4 Å². The van der Waals surface area contributed by atoms with Gasteiger partial charge >= 0.3 is 0 Å². The summed E-state index contributed by atoms with van der Waals surface area (Å²) in [6.07, 6.45) is 0.0839. The third-order valence-corrected chi connectivity index (χ3v) is 4.38. The molecule has 10 heteroatoms. The number of non-ortho nitro benzene ring substituents is 1. The number of hydrogen-bond donors (Lipinski definition) is 1. The van der Waals surface area contributed by atoms with Crippen molar-refractivity contribution in [2.75, 3.05) is 16.8 Å². The molecule has 2 aromatic rings. The molecule has 1 atom stereocenters. The van der Waals surface area contributed by atoms with E-state index in [2.05, 4.69) is 15.5 Å². The Balaban J connectivity index is 1.68. The van der Waals surface area contributed by atoms with E-state index in [-0.39, 0.29) is 30.5 Å². The highest BCUT2D eigenvalue weighted by atomic mass is 32.1. The molecule has 1 saturated heterocycles. The molecule has 0 radical (unpaired) electrons. The predicted molar refractivity (Wildman–Crippen MR) is 86.8 cm³/mol. The van der Waals surface area contributed by atoms with Gasteiger partial charge in [-0.2, -0.15) is 0 Å². The average molecular weight is 347 g/mol. The van der Waals surface area contributed by atoms with Gasteiger partial charge in [-0.1, -0.05) is 11.3 Å². The highest BCUT2D eigenvalue weighted by Gasteiger charge is 2.35. The molecule has 2 amide bonds. The van der Waals surface area contributed by atoms with E-state index in [0.29, 0.717) is 10.8 Å². The number of anilines is 2. The molecule has 3 rings (SSSR count). The molecular formula is C14H13N5O4S. The number of hydrogen-bond acceptors (Lipinski definition) is 7. The number of nitro groups is 1. The van der Waals surface area contributed by atoms with Crippen LogP contribution < -0.4 is 10.2 Å². The van der Waals surface area contributed by atoms with Crippen LogP contribution in [0.15, 0.2) is 24.3 Å².